The zero-order valence-electron chi connectivity index (χ0n) is 16.6. The summed E-state index contributed by atoms with van der Waals surface area (Å²) < 4.78 is 7.80. The number of carbonyl (C=O) groups is 3. The van der Waals surface area contributed by atoms with Crippen LogP contribution in [-0.4, -0.2) is 27.8 Å². The van der Waals surface area contributed by atoms with E-state index in [9.17, 15) is 14.4 Å². The lowest BCUT2D eigenvalue weighted by Crippen LogP contribution is -2.43. The Labute approximate surface area is 168 Å². The molecule has 0 unspecified atom stereocenters. The quantitative estimate of drug-likeness (QED) is 0.473. The molecule has 2 aromatic carbocycles. The summed E-state index contributed by atoms with van der Waals surface area (Å²) in [6.07, 6.45) is 0. The van der Waals surface area contributed by atoms with Crippen molar-refractivity contribution in [1.82, 2.24) is 4.57 Å². The number of nitrogens with two attached hydrogens (primary N) is 2. The van der Waals surface area contributed by atoms with Crippen molar-refractivity contribution >= 4 is 28.5 Å². The lowest BCUT2D eigenvalue weighted by atomic mass is 10.0. The van der Waals surface area contributed by atoms with Gasteiger partial charge in [-0.2, -0.15) is 0 Å². The van der Waals surface area contributed by atoms with Gasteiger partial charge in [-0.15, -0.1) is 0 Å². The van der Waals surface area contributed by atoms with Crippen LogP contribution in [0.5, 0.6) is 5.75 Å². The molecule has 0 bridgehead atoms. The van der Waals surface area contributed by atoms with Gasteiger partial charge in [0.1, 0.15) is 5.75 Å². The maximum atomic E-state index is 12.7. The zero-order valence-corrected chi connectivity index (χ0v) is 16.6. The molecule has 150 valence electrons. The molecule has 3 rings (SSSR count). The van der Waals surface area contributed by atoms with Crippen molar-refractivity contribution in [1.29, 1.82) is 0 Å². The molecular weight excluding hydrogens is 370 g/mol. The minimum atomic E-state index is -1.31. The first kappa shape index (κ1) is 20.1. The summed E-state index contributed by atoms with van der Waals surface area (Å²) in [4.78, 5) is 36.1. The van der Waals surface area contributed by atoms with Gasteiger partial charge in [-0.25, -0.2) is 0 Å². The molecule has 1 aromatic heterocycles. The lowest BCUT2D eigenvalue weighted by Gasteiger charge is -2.23. The van der Waals surface area contributed by atoms with Gasteiger partial charge in [-0.3, -0.25) is 14.4 Å². The van der Waals surface area contributed by atoms with Gasteiger partial charge < -0.3 is 20.8 Å². The molecule has 1 heterocycles. The van der Waals surface area contributed by atoms with Crippen molar-refractivity contribution in [2.24, 2.45) is 11.5 Å². The van der Waals surface area contributed by atoms with E-state index < -0.39 is 23.2 Å². The van der Waals surface area contributed by atoms with Gasteiger partial charge in [0, 0.05) is 12.2 Å². The van der Waals surface area contributed by atoms with E-state index in [0.29, 0.717) is 23.1 Å². The molecule has 0 aliphatic rings. The number of Topliss-reactive ketones (excluding diaryl/α,β-unsaturated/α-hetero) is 1. The van der Waals surface area contributed by atoms with E-state index in [-0.39, 0.29) is 11.3 Å². The average molecular weight is 393 g/mol. The highest BCUT2D eigenvalue weighted by Gasteiger charge is 2.31. The van der Waals surface area contributed by atoms with Gasteiger partial charge in [0.05, 0.1) is 16.5 Å². The molecule has 7 heteroatoms. The monoisotopic (exact) mass is 393 g/mol. The maximum Gasteiger partial charge on any atom is 0.289 e. The Bertz CT molecular complexity index is 1110. The highest BCUT2D eigenvalue weighted by molar-refractivity contribution is 6.45. The predicted octanol–water partition coefficient (Wildman–Crippen LogP) is 2.31. The molecular formula is C22H23N3O4. The first-order chi connectivity index (χ1) is 13.6. The number of hydrogen-bond acceptors (Lipinski definition) is 4. The third-order valence-corrected chi connectivity index (χ3v) is 4.90. The largest absolute Gasteiger partial charge is 0.477 e. The molecule has 29 heavy (non-hydrogen) atoms. The van der Waals surface area contributed by atoms with Crippen LogP contribution in [-0.2, 0) is 16.1 Å². The number of fused-ring (bicyclic) bond motifs is 1. The molecule has 0 spiro atoms. The lowest BCUT2D eigenvalue weighted by molar-refractivity contribution is -0.130. The van der Waals surface area contributed by atoms with Gasteiger partial charge in [0.2, 0.25) is 0 Å². The highest BCUT2D eigenvalue weighted by Crippen LogP contribution is 2.36. The van der Waals surface area contributed by atoms with Crippen LogP contribution < -0.4 is 16.2 Å². The zero-order chi connectivity index (χ0) is 21.3. The second-order valence-electron chi connectivity index (χ2n) is 7.35. The smallest absolute Gasteiger partial charge is 0.289 e. The number of primary amides is 2. The predicted molar refractivity (Wildman–Crippen MR) is 110 cm³/mol. The summed E-state index contributed by atoms with van der Waals surface area (Å²) in [7, 11) is 0. The average Bonchev–Trinajstić information content (AvgIpc) is 2.94. The summed E-state index contributed by atoms with van der Waals surface area (Å²) in [6.45, 7) is 5.31. The number of hydrogen-bond donors (Lipinski definition) is 2. The van der Waals surface area contributed by atoms with Crippen LogP contribution in [0.15, 0.2) is 48.5 Å². The fraction of sp³-hybridized carbons (Fsp3) is 0.227. The number of ether oxygens (including phenoxy) is 1. The van der Waals surface area contributed by atoms with Crippen LogP contribution in [0.2, 0.25) is 0 Å². The highest BCUT2D eigenvalue weighted by atomic mass is 16.5. The maximum absolute atomic E-state index is 12.7. The molecule has 2 amide bonds. The number of carbonyl (C=O) groups excluding carboxylic acids is 3. The van der Waals surface area contributed by atoms with Crippen molar-refractivity contribution in [2.45, 2.75) is 32.9 Å². The fourth-order valence-corrected chi connectivity index (χ4v) is 3.27. The van der Waals surface area contributed by atoms with Crippen LogP contribution in [0, 0.1) is 6.92 Å². The van der Waals surface area contributed by atoms with Crippen LogP contribution in [0.3, 0.4) is 0 Å². The van der Waals surface area contributed by atoms with E-state index in [1.54, 1.807) is 19.1 Å². The Morgan fingerprint density at radius 3 is 2.24 bits per heavy atom. The topological polar surface area (TPSA) is 117 Å². The Kier molecular flexibility index (Phi) is 5.16. The van der Waals surface area contributed by atoms with Crippen LogP contribution in [0.25, 0.3) is 10.9 Å². The Hall–Kier alpha value is -3.61. The normalized spacial score (nSPS) is 11.4. The summed E-state index contributed by atoms with van der Waals surface area (Å²) in [5.74, 6) is -2.24. The first-order valence-electron chi connectivity index (χ1n) is 9.12. The van der Waals surface area contributed by atoms with Gasteiger partial charge >= 0.3 is 0 Å². The molecule has 0 aliphatic heterocycles. The number of rotatable bonds is 7. The molecule has 0 saturated carbocycles. The minimum absolute atomic E-state index is 0.166. The molecule has 0 fully saturated rings. The molecule has 4 N–H and O–H groups in total. The minimum Gasteiger partial charge on any atom is -0.477 e. The van der Waals surface area contributed by atoms with E-state index in [1.807, 2.05) is 41.0 Å². The van der Waals surface area contributed by atoms with E-state index >= 15 is 0 Å². The fourth-order valence-electron chi connectivity index (χ4n) is 3.27. The summed E-state index contributed by atoms with van der Waals surface area (Å²) >= 11 is 0. The van der Waals surface area contributed by atoms with E-state index in [1.165, 1.54) is 13.8 Å². The Morgan fingerprint density at radius 1 is 1.00 bits per heavy atom. The Morgan fingerprint density at radius 2 is 1.66 bits per heavy atom. The molecule has 3 aromatic rings. The summed E-state index contributed by atoms with van der Waals surface area (Å²) in [5, 5.41) is 0.430. The van der Waals surface area contributed by atoms with Crippen molar-refractivity contribution in [2.75, 3.05) is 0 Å². The number of benzene rings is 2. The second kappa shape index (κ2) is 7.43. The van der Waals surface area contributed by atoms with Gasteiger partial charge in [0.15, 0.2) is 5.60 Å². The van der Waals surface area contributed by atoms with Crippen molar-refractivity contribution in [3.05, 3.63) is 65.4 Å². The first-order valence-corrected chi connectivity index (χ1v) is 9.12. The van der Waals surface area contributed by atoms with Crippen LogP contribution in [0.1, 0.15) is 35.5 Å². The summed E-state index contributed by atoms with van der Waals surface area (Å²) in [5.41, 5.74) is 11.9. The molecule has 0 radical (unpaired) electrons. The van der Waals surface area contributed by atoms with Gasteiger partial charge in [-0.05, 0) is 38.5 Å². The molecule has 0 aliphatic carbocycles. The number of amides is 2. The van der Waals surface area contributed by atoms with Crippen molar-refractivity contribution < 1.29 is 19.1 Å². The summed E-state index contributed by atoms with van der Waals surface area (Å²) in [6, 6.07) is 14.9. The van der Waals surface area contributed by atoms with Crippen LogP contribution in [0.4, 0.5) is 0 Å². The van der Waals surface area contributed by atoms with Crippen LogP contribution >= 0.6 is 0 Å². The third kappa shape index (κ3) is 3.71. The second-order valence-corrected chi connectivity index (χ2v) is 7.35. The third-order valence-electron chi connectivity index (χ3n) is 4.90. The molecule has 0 saturated heterocycles. The van der Waals surface area contributed by atoms with Gasteiger partial charge in [-0.1, -0.05) is 36.4 Å². The number of nitrogens with zero attached hydrogens (tertiary/aromatic N) is 1. The van der Waals surface area contributed by atoms with E-state index in [2.05, 4.69) is 0 Å². The molecule has 7 nitrogen and oxygen atoms in total. The van der Waals surface area contributed by atoms with Crippen molar-refractivity contribution in [3.8, 4) is 5.75 Å². The standard InChI is InChI=1S/C22H23N3O4/c1-13-17(19(26)20(23)27)18-15(25(13)12-14-8-5-4-6-9-14)10-7-11-16(18)29-22(2,3)21(24)28/h4-11H,12H2,1-3H3,(H2,23,27)(H2,24,28). The number of aromatic nitrogens is 1. The van der Waals surface area contributed by atoms with Gasteiger partial charge in [0.25, 0.3) is 17.6 Å². The SMILES string of the molecule is Cc1c(C(=O)C(N)=O)c2c(OC(C)(C)C(N)=O)cccc2n1Cc1ccccc1. The van der Waals surface area contributed by atoms with E-state index in [0.717, 1.165) is 5.56 Å². The van der Waals surface area contributed by atoms with E-state index in [4.69, 9.17) is 16.2 Å². The Balaban J connectivity index is 2.27. The van der Waals surface area contributed by atoms with Crippen molar-refractivity contribution in [3.63, 3.8) is 0 Å². The molecule has 0 atom stereocenters. The number of ketones is 1.